The highest BCUT2D eigenvalue weighted by molar-refractivity contribution is 5.81. The Kier molecular flexibility index (Phi) is 8.44. The van der Waals surface area contributed by atoms with Crippen LogP contribution in [0.15, 0.2) is 0 Å². The zero-order valence-corrected chi connectivity index (χ0v) is 10.2. The number of carbonyl (C=O) groups is 3. The van der Waals surface area contributed by atoms with E-state index in [1.165, 1.54) is 0 Å². The first-order valence-electron chi connectivity index (χ1n) is 5.54. The molecule has 0 aromatic carbocycles. The molecule has 0 aliphatic carbocycles. The molecule has 98 valence electrons. The van der Waals surface area contributed by atoms with E-state index in [0.29, 0.717) is 6.54 Å². The molecule has 3 N–H and O–H groups in total. The normalized spacial score (nSPS) is 9.29. The summed E-state index contributed by atoms with van der Waals surface area (Å²) in [5.74, 6) is -0.621. The third-order valence-electron chi connectivity index (χ3n) is 1.71. The van der Waals surface area contributed by atoms with Crippen molar-refractivity contribution in [3.05, 3.63) is 0 Å². The number of nitrogens with one attached hydrogen (secondary N) is 3. The van der Waals surface area contributed by atoms with Gasteiger partial charge in [0, 0.05) is 19.5 Å². The fourth-order valence-corrected chi connectivity index (χ4v) is 1.00. The van der Waals surface area contributed by atoms with E-state index in [2.05, 4.69) is 20.7 Å². The fourth-order valence-electron chi connectivity index (χ4n) is 1.00. The van der Waals surface area contributed by atoms with Crippen LogP contribution >= 0.6 is 0 Å². The van der Waals surface area contributed by atoms with Gasteiger partial charge in [-0.1, -0.05) is 0 Å². The van der Waals surface area contributed by atoms with E-state index >= 15 is 0 Å². The van der Waals surface area contributed by atoms with Crippen LogP contribution in [-0.2, 0) is 14.3 Å². The topological polar surface area (TPSA) is 96.5 Å². The van der Waals surface area contributed by atoms with E-state index in [-0.39, 0.29) is 32.0 Å². The Morgan fingerprint density at radius 1 is 1.06 bits per heavy atom. The van der Waals surface area contributed by atoms with Crippen molar-refractivity contribution in [2.45, 2.75) is 20.3 Å². The lowest BCUT2D eigenvalue weighted by molar-refractivity contribution is -0.141. The fraction of sp³-hybridized carbons (Fsp3) is 0.700. The minimum Gasteiger partial charge on any atom is -0.465 e. The molecule has 0 saturated carbocycles. The number of amides is 3. The van der Waals surface area contributed by atoms with E-state index < -0.39 is 12.0 Å². The van der Waals surface area contributed by atoms with Crippen molar-refractivity contribution in [3.8, 4) is 0 Å². The van der Waals surface area contributed by atoms with Crippen LogP contribution in [-0.4, -0.2) is 44.1 Å². The summed E-state index contributed by atoms with van der Waals surface area (Å²) >= 11 is 0. The summed E-state index contributed by atoms with van der Waals surface area (Å²) in [5, 5.41) is 7.37. The van der Waals surface area contributed by atoms with Crippen molar-refractivity contribution >= 4 is 17.9 Å². The van der Waals surface area contributed by atoms with Gasteiger partial charge < -0.3 is 20.7 Å². The largest absolute Gasteiger partial charge is 0.465 e. The van der Waals surface area contributed by atoms with Crippen molar-refractivity contribution in [2.75, 3.05) is 26.2 Å². The predicted octanol–water partition coefficient (Wildman–Crippen LogP) is -0.625. The molecule has 7 nitrogen and oxygen atoms in total. The number of hydrogen-bond donors (Lipinski definition) is 3. The first kappa shape index (κ1) is 15.2. The van der Waals surface area contributed by atoms with Gasteiger partial charge in [0.15, 0.2) is 0 Å². The number of carbonyl (C=O) groups excluding carboxylic acids is 3. The Bertz CT molecular complexity index is 268. The minimum absolute atomic E-state index is 0.127. The number of ether oxygens (including phenoxy) is 1. The lowest BCUT2D eigenvalue weighted by atomic mass is 10.4. The van der Waals surface area contributed by atoms with Crippen LogP contribution in [0.5, 0.6) is 0 Å². The Hall–Kier alpha value is -1.79. The molecular formula is C10H19N3O4. The molecule has 0 aliphatic heterocycles. The Morgan fingerprint density at radius 3 is 2.35 bits per heavy atom. The molecule has 0 aromatic rings. The maximum atomic E-state index is 11.1. The first-order valence-corrected chi connectivity index (χ1v) is 5.54. The minimum atomic E-state index is -0.498. The molecule has 0 aliphatic rings. The quantitative estimate of drug-likeness (QED) is 0.520. The summed E-state index contributed by atoms with van der Waals surface area (Å²) in [5.41, 5.74) is 0. The molecule has 0 rings (SSSR count). The summed E-state index contributed by atoms with van der Waals surface area (Å²) in [4.78, 5) is 33.0. The second-order valence-electron chi connectivity index (χ2n) is 3.12. The summed E-state index contributed by atoms with van der Waals surface area (Å²) in [7, 11) is 0. The molecule has 0 radical (unpaired) electrons. The van der Waals surface area contributed by atoms with Gasteiger partial charge in [0.05, 0.1) is 6.61 Å². The molecule has 3 amide bonds. The van der Waals surface area contributed by atoms with Gasteiger partial charge in [-0.25, -0.2) is 4.79 Å². The Balaban J connectivity index is 3.53. The zero-order chi connectivity index (χ0) is 13.1. The third-order valence-corrected chi connectivity index (χ3v) is 1.71. The molecule has 0 heterocycles. The van der Waals surface area contributed by atoms with Gasteiger partial charge >= 0.3 is 12.0 Å². The molecule has 0 fully saturated rings. The van der Waals surface area contributed by atoms with E-state index in [1.54, 1.807) is 6.92 Å². The second-order valence-corrected chi connectivity index (χ2v) is 3.12. The molecule has 7 heteroatoms. The highest BCUT2D eigenvalue weighted by Crippen LogP contribution is 1.78. The van der Waals surface area contributed by atoms with Gasteiger partial charge in [0.2, 0.25) is 5.91 Å². The molecule has 0 atom stereocenters. The third kappa shape index (κ3) is 9.16. The van der Waals surface area contributed by atoms with Gasteiger partial charge in [0.25, 0.3) is 0 Å². The standard InChI is InChI=1S/C10H19N3O4/c1-3-11-8(14)5-6-12-10(16)13-7-9(15)17-4-2/h3-7H2,1-2H3,(H,11,14)(H2,12,13,16). The SMILES string of the molecule is CCNC(=O)CCNC(=O)NCC(=O)OCC. The monoisotopic (exact) mass is 245 g/mol. The first-order chi connectivity index (χ1) is 8.10. The van der Waals surface area contributed by atoms with Crippen molar-refractivity contribution in [3.63, 3.8) is 0 Å². The summed E-state index contributed by atoms with van der Waals surface area (Å²) in [6, 6.07) is -0.498. The van der Waals surface area contributed by atoms with Crippen molar-refractivity contribution in [1.29, 1.82) is 0 Å². The van der Waals surface area contributed by atoms with Crippen LogP contribution in [0.25, 0.3) is 0 Å². The predicted molar refractivity (Wildman–Crippen MR) is 61.3 cm³/mol. The summed E-state index contributed by atoms with van der Waals surface area (Å²) in [6.07, 6.45) is 0.209. The van der Waals surface area contributed by atoms with E-state index in [4.69, 9.17) is 0 Å². The smallest absolute Gasteiger partial charge is 0.325 e. The lowest BCUT2D eigenvalue weighted by Gasteiger charge is -2.07. The highest BCUT2D eigenvalue weighted by Gasteiger charge is 2.05. The van der Waals surface area contributed by atoms with Crippen LogP contribution in [0.3, 0.4) is 0 Å². The number of hydrogen-bond acceptors (Lipinski definition) is 4. The van der Waals surface area contributed by atoms with Crippen LogP contribution in [0, 0.1) is 0 Å². The van der Waals surface area contributed by atoms with Gasteiger partial charge in [-0.15, -0.1) is 0 Å². The average Bonchev–Trinajstić information content (AvgIpc) is 2.27. The van der Waals surface area contributed by atoms with Gasteiger partial charge in [-0.2, -0.15) is 0 Å². The van der Waals surface area contributed by atoms with Crippen LogP contribution in [0.1, 0.15) is 20.3 Å². The van der Waals surface area contributed by atoms with Crippen molar-refractivity contribution in [1.82, 2.24) is 16.0 Å². The van der Waals surface area contributed by atoms with Crippen LogP contribution in [0.2, 0.25) is 0 Å². The summed E-state index contributed by atoms with van der Waals surface area (Å²) < 4.78 is 4.62. The van der Waals surface area contributed by atoms with Crippen molar-refractivity contribution < 1.29 is 19.1 Å². The second kappa shape index (κ2) is 9.44. The lowest BCUT2D eigenvalue weighted by Crippen LogP contribution is -2.40. The molecule has 0 aromatic heterocycles. The summed E-state index contributed by atoms with van der Waals surface area (Å²) in [6.45, 7) is 4.39. The van der Waals surface area contributed by atoms with E-state index in [0.717, 1.165) is 0 Å². The van der Waals surface area contributed by atoms with Gasteiger partial charge in [-0.05, 0) is 13.8 Å². The van der Waals surface area contributed by atoms with Gasteiger partial charge in [0.1, 0.15) is 6.54 Å². The highest BCUT2D eigenvalue weighted by atomic mass is 16.5. The maximum Gasteiger partial charge on any atom is 0.325 e. The number of urea groups is 1. The molecule has 0 unspecified atom stereocenters. The average molecular weight is 245 g/mol. The maximum absolute atomic E-state index is 11.1. The molecule has 17 heavy (non-hydrogen) atoms. The van der Waals surface area contributed by atoms with Crippen LogP contribution in [0.4, 0.5) is 4.79 Å². The number of esters is 1. The zero-order valence-electron chi connectivity index (χ0n) is 10.2. The number of rotatable bonds is 7. The van der Waals surface area contributed by atoms with Crippen molar-refractivity contribution in [2.24, 2.45) is 0 Å². The Labute approximate surface area is 100 Å². The molecule has 0 spiro atoms. The van der Waals surface area contributed by atoms with Crippen LogP contribution < -0.4 is 16.0 Å². The van der Waals surface area contributed by atoms with E-state index in [9.17, 15) is 14.4 Å². The molecule has 0 bridgehead atoms. The Morgan fingerprint density at radius 2 is 1.76 bits per heavy atom. The molecular weight excluding hydrogens is 226 g/mol. The molecule has 0 saturated heterocycles. The van der Waals surface area contributed by atoms with Gasteiger partial charge in [-0.3, -0.25) is 9.59 Å². The van der Waals surface area contributed by atoms with E-state index in [1.807, 2.05) is 6.92 Å².